The fraction of sp³-hybridized carbons (Fsp3) is 0.0526. The Kier molecular flexibility index (Phi) is 3.33. The Hall–Kier alpha value is -1.56. The fourth-order valence-electron chi connectivity index (χ4n) is 2.95. The van der Waals surface area contributed by atoms with Crippen LogP contribution in [0.3, 0.4) is 0 Å². The summed E-state index contributed by atoms with van der Waals surface area (Å²) in [4.78, 5) is 0. The van der Waals surface area contributed by atoms with Crippen LogP contribution in [0, 0.1) is 0 Å². The van der Waals surface area contributed by atoms with Gasteiger partial charge in [0, 0.05) is 20.9 Å². The zero-order valence-electron chi connectivity index (χ0n) is 11.5. The minimum atomic E-state index is -0.278. The van der Waals surface area contributed by atoms with Gasteiger partial charge in [-0.2, -0.15) is 0 Å². The smallest absolute Gasteiger partial charge is 0.0175 e. The molecule has 0 fully saturated rings. The van der Waals surface area contributed by atoms with Crippen LogP contribution in [0.2, 0.25) is 0 Å². The molecule has 2 heteroatoms. The summed E-state index contributed by atoms with van der Waals surface area (Å²) in [7, 11) is -0.278. The zero-order valence-corrected chi connectivity index (χ0v) is 13.9. The zero-order chi connectivity index (χ0) is 14.2. The van der Waals surface area contributed by atoms with Crippen LogP contribution >= 0.6 is 23.5 Å². The summed E-state index contributed by atoms with van der Waals surface area (Å²) in [6.45, 7) is 0. The van der Waals surface area contributed by atoms with Gasteiger partial charge in [-0.25, -0.2) is 0 Å². The molecule has 0 unspecified atom stereocenters. The molecule has 0 atom stereocenters. The minimum absolute atomic E-state index is 0.278. The third-order valence-electron chi connectivity index (χ3n) is 3.93. The van der Waals surface area contributed by atoms with Crippen LogP contribution in [-0.2, 0) is 6.16 Å². The average Bonchev–Trinajstić information content (AvgIpc) is 2.85. The quantitative estimate of drug-likeness (QED) is 0.372. The summed E-state index contributed by atoms with van der Waals surface area (Å²) in [6, 6.07) is 26.5. The highest BCUT2D eigenvalue weighted by Gasteiger charge is 2.10. The van der Waals surface area contributed by atoms with Crippen molar-refractivity contribution in [2.75, 3.05) is 0 Å². The van der Waals surface area contributed by atoms with Gasteiger partial charge in [-0.3, -0.25) is 0 Å². The van der Waals surface area contributed by atoms with Gasteiger partial charge in [0.1, 0.15) is 0 Å². The molecular formula is C19H14BrP. The van der Waals surface area contributed by atoms with Gasteiger partial charge in [0.25, 0.3) is 0 Å². The maximum Gasteiger partial charge on any atom is 0.0175 e. The monoisotopic (exact) mass is 352 g/mol. The van der Waals surface area contributed by atoms with Crippen LogP contribution in [0.25, 0.3) is 21.0 Å². The molecule has 4 aromatic rings. The normalized spacial score (nSPS) is 11.3. The molecule has 0 amide bonds. The van der Waals surface area contributed by atoms with Crippen molar-refractivity contribution in [3.05, 3.63) is 82.8 Å². The number of halogens is 1. The largest absolute Gasteiger partial charge is 0.104 e. The molecule has 0 saturated carbocycles. The topological polar surface area (TPSA) is 0 Å². The van der Waals surface area contributed by atoms with Gasteiger partial charge in [0.05, 0.1) is 0 Å². The van der Waals surface area contributed by atoms with Crippen LogP contribution in [0.1, 0.15) is 5.56 Å². The standard InChI is InChI=1S/C19H14BrP/c20-15-11-9-14(10-12-15)13-21-18-7-3-1-5-16(18)17-6-2-4-8-19(17)21/h1-12H,13H2. The number of rotatable bonds is 2. The predicted molar refractivity (Wildman–Crippen MR) is 97.4 cm³/mol. The van der Waals surface area contributed by atoms with Crippen LogP contribution in [-0.4, -0.2) is 0 Å². The maximum atomic E-state index is 3.52. The summed E-state index contributed by atoms with van der Waals surface area (Å²) in [5.74, 6) is 0. The average molecular weight is 353 g/mol. The molecule has 0 spiro atoms. The Bertz CT molecular complexity index is 866. The van der Waals surface area contributed by atoms with Gasteiger partial charge in [0.2, 0.25) is 0 Å². The van der Waals surface area contributed by atoms with E-state index >= 15 is 0 Å². The van der Waals surface area contributed by atoms with Crippen molar-refractivity contribution in [1.82, 2.24) is 0 Å². The summed E-state index contributed by atoms with van der Waals surface area (Å²) in [5, 5.41) is 5.90. The molecule has 3 aromatic carbocycles. The molecule has 0 saturated heterocycles. The van der Waals surface area contributed by atoms with Crippen molar-refractivity contribution in [3.63, 3.8) is 0 Å². The van der Waals surface area contributed by atoms with E-state index in [4.69, 9.17) is 0 Å². The van der Waals surface area contributed by atoms with Crippen molar-refractivity contribution < 1.29 is 0 Å². The molecule has 1 heterocycles. The Labute approximate surface area is 133 Å². The van der Waals surface area contributed by atoms with E-state index in [-0.39, 0.29) is 7.53 Å². The predicted octanol–water partition coefficient (Wildman–Crippen LogP) is 6.79. The van der Waals surface area contributed by atoms with Crippen molar-refractivity contribution in [2.45, 2.75) is 6.16 Å². The van der Waals surface area contributed by atoms with E-state index in [1.54, 1.807) is 0 Å². The van der Waals surface area contributed by atoms with Gasteiger partial charge in [-0.1, -0.05) is 76.6 Å². The lowest BCUT2D eigenvalue weighted by molar-refractivity contribution is 1.40. The molecule has 0 bridgehead atoms. The highest BCUT2D eigenvalue weighted by molar-refractivity contribution is 9.10. The molecule has 4 rings (SSSR count). The molecule has 0 aliphatic heterocycles. The van der Waals surface area contributed by atoms with Gasteiger partial charge < -0.3 is 0 Å². The maximum absolute atomic E-state index is 3.52. The Balaban J connectivity index is 1.95. The van der Waals surface area contributed by atoms with Crippen molar-refractivity contribution in [3.8, 4) is 0 Å². The second-order valence-corrected chi connectivity index (χ2v) is 8.30. The Morgan fingerprint density at radius 3 is 1.76 bits per heavy atom. The van der Waals surface area contributed by atoms with E-state index < -0.39 is 0 Å². The van der Waals surface area contributed by atoms with E-state index in [1.807, 2.05) is 0 Å². The fourth-order valence-corrected chi connectivity index (χ4v) is 5.89. The van der Waals surface area contributed by atoms with Crippen molar-refractivity contribution >= 4 is 44.5 Å². The van der Waals surface area contributed by atoms with E-state index in [2.05, 4.69) is 88.7 Å². The summed E-state index contributed by atoms with van der Waals surface area (Å²) in [5.41, 5.74) is 1.41. The van der Waals surface area contributed by atoms with Crippen LogP contribution in [0.5, 0.6) is 0 Å². The second-order valence-electron chi connectivity index (χ2n) is 5.25. The van der Waals surface area contributed by atoms with E-state index in [9.17, 15) is 0 Å². The first-order valence-corrected chi connectivity index (χ1v) is 9.35. The highest BCUT2D eigenvalue weighted by Crippen LogP contribution is 2.50. The van der Waals surface area contributed by atoms with Gasteiger partial charge in [0.15, 0.2) is 0 Å². The number of fused-ring (bicyclic) bond motifs is 3. The highest BCUT2D eigenvalue weighted by atomic mass is 79.9. The Morgan fingerprint density at radius 2 is 1.19 bits per heavy atom. The second kappa shape index (κ2) is 5.33. The molecule has 1 aromatic heterocycles. The molecule has 0 aliphatic rings. The molecule has 0 N–H and O–H groups in total. The lowest BCUT2D eigenvalue weighted by Gasteiger charge is -2.04. The molecule has 0 aliphatic carbocycles. The van der Waals surface area contributed by atoms with E-state index in [0.717, 1.165) is 10.6 Å². The van der Waals surface area contributed by atoms with Crippen LogP contribution in [0.15, 0.2) is 77.3 Å². The number of hydrogen-bond acceptors (Lipinski definition) is 0. The first-order chi connectivity index (χ1) is 10.3. The minimum Gasteiger partial charge on any atom is -0.104 e. The molecule has 102 valence electrons. The summed E-state index contributed by atoms with van der Waals surface area (Å²) in [6.07, 6.45) is 1.12. The first kappa shape index (κ1) is 13.1. The first-order valence-electron chi connectivity index (χ1n) is 7.03. The van der Waals surface area contributed by atoms with E-state index in [0.29, 0.717) is 0 Å². The van der Waals surface area contributed by atoms with Crippen LogP contribution in [0.4, 0.5) is 0 Å². The molecule has 0 nitrogen and oxygen atoms in total. The molecular weight excluding hydrogens is 339 g/mol. The van der Waals surface area contributed by atoms with Crippen molar-refractivity contribution in [1.29, 1.82) is 0 Å². The lowest BCUT2D eigenvalue weighted by atomic mass is 10.2. The SMILES string of the molecule is Brc1ccc(Cp2c3ccccc3c3ccccc32)cc1. The van der Waals surface area contributed by atoms with Gasteiger partial charge in [-0.15, -0.1) is 7.53 Å². The third-order valence-corrected chi connectivity index (χ3v) is 7.09. The number of hydrogen-bond donors (Lipinski definition) is 0. The third kappa shape index (κ3) is 2.31. The molecule has 0 radical (unpaired) electrons. The molecule has 21 heavy (non-hydrogen) atoms. The number of benzene rings is 3. The summed E-state index contributed by atoms with van der Waals surface area (Å²) < 4.78 is 1.14. The Morgan fingerprint density at radius 1 is 0.667 bits per heavy atom. The van der Waals surface area contributed by atoms with Crippen molar-refractivity contribution in [2.24, 2.45) is 0 Å². The lowest BCUT2D eigenvalue weighted by Crippen LogP contribution is -1.77. The van der Waals surface area contributed by atoms with Gasteiger partial charge >= 0.3 is 0 Å². The van der Waals surface area contributed by atoms with E-state index in [1.165, 1.54) is 26.6 Å². The van der Waals surface area contributed by atoms with Crippen LogP contribution < -0.4 is 0 Å². The summed E-state index contributed by atoms with van der Waals surface area (Å²) >= 11 is 3.52. The van der Waals surface area contributed by atoms with Gasteiger partial charge in [-0.05, 0) is 28.5 Å².